The monoisotopic (exact) mass is 301 g/mol. The standard InChI is InChI=1S/C15H21ClFNO2/c1-2-5-18-6-7-20-15(10-18)14(19)9-11-8-12(16)3-4-13(11)17/h3-4,8,14-15,19H,2,5-7,9-10H2,1H3. The minimum absolute atomic E-state index is 0.219. The van der Waals surface area contributed by atoms with Crippen molar-refractivity contribution in [2.75, 3.05) is 26.2 Å². The summed E-state index contributed by atoms with van der Waals surface area (Å²) in [5.74, 6) is -0.338. The Morgan fingerprint density at radius 2 is 2.35 bits per heavy atom. The van der Waals surface area contributed by atoms with Crippen LogP contribution in [0.2, 0.25) is 5.02 Å². The quantitative estimate of drug-likeness (QED) is 0.907. The molecule has 1 heterocycles. The average Bonchev–Trinajstić information content (AvgIpc) is 2.43. The van der Waals surface area contributed by atoms with Crippen LogP contribution >= 0.6 is 11.6 Å². The van der Waals surface area contributed by atoms with Crippen molar-refractivity contribution in [1.82, 2.24) is 4.90 Å². The third kappa shape index (κ3) is 4.16. The maximum atomic E-state index is 13.7. The van der Waals surface area contributed by atoms with Gasteiger partial charge in [-0.05, 0) is 36.7 Å². The van der Waals surface area contributed by atoms with Crippen molar-refractivity contribution in [2.24, 2.45) is 0 Å². The van der Waals surface area contributed by atoms with Gasteiger partial charge in [-0.2, -0.15) is 0 Å². The molecule has 0 amide bonds. The zero-order chi connectivity index (χ0) is 14.5. The van der Waals surface area contributed by atoms with Crippen LogP contribution in [-0.2, 0) is 11.2 Å². The van der Waals surface area contributed by atoms with Gasteiger partial charge in [-0.3, -0.25) is 4.90 Å². The number of hydrogen-bond acceptors (Lipinski definition) is 3. The summed E-state index contributed by atoms with van der Waals surface area (Å²) >= 11 is 5.86. The van der Waals surface area contributed by atoms with Gasteiger partial charge in [-0.1, -0.05) is 18.5 Å². The topological polar surface area (TPSA) is 32.7 Å². The van der Waals surface area contributed by atoms with E-state index in [2.05, 4.69) is 11.8 Å². The summed E-state index contributed by atoms with van der Waals surface area (Å²) in [6.07, 6.45) is 0.305. The highest BCUT2D eigenvalue weighted by Crippen LogP contribution is 2.19. The number of aliphatic hydroxyl groups is 1. The van der Waals surface area contributed by atoms with Crippen molar-refractivity contribution >= 4 is 11.6 Å². The molecule has 20 heavy (non-hydrogen) atoms. The molecule has 0 aromatic heterocycles. The van der Waals surface area contributed by atoms with E-state index in [0.29, 0.717) is 23.7 Å². The molecule has 1 N–H and O–H groups in total. The number of hydrogen-bond donors (Lipinski definition) is 1. The Labute approximate surface area is 124 Å². The number of nitrogens with zero attached hydrogens (tertiary/aromatic N) is 1. The first-order valence-corrected chi connectivity index (χ1v) is 7.44. The smallest absolute Gasteiger partial charge is 0.126 e. The van der Waals surface area contributed by atoms with Crippen molar-refractivity contribution in [2.45, 2.75) is 32.0 Å². The second-order valence-corrected chi connectivity index (χ2v) is 5.65. The zero-order valence-corrected chi connectivity index (χ0v) is 12.4. The van der Waals surface area contributed by atoms with Gasteiger partial charge in [0.2, 0.25) is 0 Å². The highest BCUT2D eigenvalue weighted by atomic mass is 35.5. The molecule has 2 unspecified atom stereocenters. The lowest BCUT2D eigenvalue weighted by Crippen LogP contribution is -2.48. The summed E-state index contributed by atoms with van der Waals surface area (Å²) in [5.41, 5.74) is 0.432. The molecule has 1 aromatic rings. The van der Waals surface area contributed by atoms with Gasteiger partial charge in [0, 0.05) is 24.5 Å². The second-order valence-electron chi connectivity index (χ2n) is 5.22. The Morgan fingerprint density at radius 3 is 3.10 bits per heavy atom. The van der Waals surface area contributed by atoms with Gasteiger partial charge in [-0.25, -0.2) is 4.39 Å². The lowest BCUT2D eigenvalue weighted by atomic mass is 10.0. The van der Waals surface area contributed by atoms with Crippen molar-refractivity contribution in [3.05, 3.63) is 34.6 Å². The number of ether oxygens (including phenoxy) is 1. The number of morpholine rings is 1. The SMILES string of the molecule is CCCN1CCOC(C(O)Cc2cc(Cl)ccc2F)C1. The summed E-state index contributed by atoms with van der Waals surface area (Å²) in [7, 11) is 0. The van der Waals surface area contributed by atoms with Crippen LogP contribution in [0.3, 0.4) is 0 Å². The molecule has 3 nitrogen and oxygen atoms in total. The fraction of sp³-hybridized carbons (Fsp3) is 0.600. The number of rotatable bonds is 5. The Balaban J connectivity index is 1.96. The van der Waals surface area contributed by atoms with Gasteiger partial charge in [-0.15, -0.1) is 0 Å². The third-order valence-electron chi connectivity index (χ3n) is 3.58. The predicted molar refractivity (Wildman–Crippen MR) is 77.6 cm³/mol. The van der Waals surface area contributed by atoms with E-state index in [1.165, 1.54) is 12.1 Å². The van der Waals surface area contributed by atoms with Crippen molar-refractivity contribution < 1.29 is 14.2 Å². The summed E-state index contributed by atoms with van der Waals surface area (Å²) in [6, 6.07) is 4.40. The Kier molecular flexibility index (Phi) is 5.78. The van der Waals surface area contributed by atoms with Gasteiger partial charge >= 0.3 is 0 Å². The van der Waals surface area contributed by atoms with Crippen LogP contribution in [0.1, 0.15) is 18.9 Å². The van der Waals surface area contributed by atoms with E-state index in [1.807, 2.05) is 0 Å². The van der Waals surface area contributed by atoms with Crippen LogP contribution in [0.25, 0.3) is 0 Å². The summed E-state index contributed by atoms with van der Waals surface area (Å²) in [6.45, 7) is 5.32. The van der Waals surface area contributed by atoms with Crippen LogP contribution < -0.4 is 0 Å². The number of halogens is 2. The molecular weight excluding hydrogens is 281 g/mol. The van der Waals surface area contributed by atoms with E-state index >= 15 is 0 Å². The normalized spacial score (nSPS) is 21.9. The Hall–Kier alpha value is -0.680. The van der Waals surface area contributed by atoms with Crippen LogP contribution in [0.5, 0.6) is 0 Å². The predicted octanol–water partition coefficient (Wildman–Crippen LogP) is 2.49. The molecule has 0 saturated carbocycles. The maximum absolute atomic E-state index is 13.7. The van der Waals surface area contributed by atoms with E-state index in [4.69, 9.17) is 16.3 Å². The van der Waals surface area contributed by atoms with Crippen LogP contribution in [0.15, 0.2) is 18.2 Å². The highest BCUT2D eigenvalue weighted by molar-refractivity contribution is 6.30. The maximum Gasteiger partial charge on any atom is 0.126 e. The molecule has 2 atom stereocenters. The third-order valence-corrected chi connectivity index (χ3v) is 3.82. The minimum atomic E-state index is -0.720. The van der Waals surface area contributed by atoms with Crippen LogP contribution in [0.4, 0.5) is 4.39 Å². The highest BCUT2D eigenvalue weighted by Gasteiger charge is 2.27. The fourth-order valence-electron chi connectivity index (χ4n) is 2.54. The minimum Gasteiger partial charge on any atom is -0.390 e. The molecule has 1 fully saturated rings. The fourth-order valence-corrected chi connectivity index (χ4v) is 2.73. The average molecular weight is 302 g/mol. The number of benzene rings is 1. The summed E-state index contributed by atoms with van der Waals surface area (Å²) < 4.78 is 19.3. The molecule has 5 heteroatoms. The largest absolute Gasteiger partial charge is 0.390 e. The van der Waals surface area contributed by atoms with Crippen molar-refractivity contribution in [3.8, 4) is 0 Å². The lowest BCUT2D eigenvalue weighted by molar-refractivity contribution is -0.0879. The first kappa shape index (κ1) is 15.7. The molecule has 112 valence electrons. The number of aliphatic hydroxyl groups excluding tert-OH is 1. The van der Waals surface area contributed by atoms with Gasteiger partial charge < -0.3 is 9.84 Å². The summed E-state index contributed by atoms with van der Waals surface area (Å²) in [4.78, 5) is 2.27. The Morgan fingerprint density at radius 1 is 1.55 bits per heavy atom. The van der Waals surface area contributed by atoms with E-state index in [9.17, 15) is 9.50 Å². The van der Waals surface area contributed by atoms with Crippen LogP contribution in [0, 0.1) is 5.82 Å². The van der Waals surface area contributed by atoms with E-state index in [-0.39, 0.29) is 18.3 Å². The summed E-state index contributed by atoms with van der Waals surface area (Å²) in [5, 5.41) is 10.7. The zero-order valence-electron chi connectivity index (χ0n) is 11.7. The van der Waals surface area contributed by atoms with Gasteiger partial charge in [0.05, 0.1) is 18.8 Å². The molecule has 0 radical (unpaired) electrons. The van der Waals surface area contributed by atoms with E-state index in [1.54, 1.807) is 6.07 Å². The molecule has 1 aliphatic heterocycles. The Bertz CT molecular complexity index is 442. The van der Waals surface area contributed by atoms with Crippen molar-refractivity contribution in [1.29, 1.82) is 0 Å². The lowest BCUT2D eigenvalue weighted by Gasteiger charge is -2.35. The molecule has 0 bridgehead atoms. The first-order valence-electron chi connectivity index (χ1n) is 7.06. The molecule has 2 rings (SSSR count). The second kappa shape index (κ2) is 7.36. The molecule has 0 aliphatic carbocycles. The molecule has 1 saturated heterocycles. The molecular formula is C15H21ClFNO2. The van der Waals surface area contributed by atoms with Crippen LogP contribution in [-0.4, -0.2) is 48.5 Å². The molecule has 1 aliphatic rings. The molecule has 0 spiro atoms. The van der Waals surface area contributed by atoms with Gasteiger partial charge in [0.25, 0.3) is 0 Å². The molecule has 1 aromatic carbocycles. The van der Waals surface area contributed by atoms with Gasteiger partial charge in [0.15, 0.2) is 0 Å². The van der Waals surface area contributed by atoms with E-state index < -0.39 is 6.10 Å². The van der Waals surface area contributed by atoms with Gasteiger partial charge in [0.1, 0.15) is 5.82 Å². The van der Waals surface area contributed by atoms with E-state index in [0.717, 1.165) is 19.5 Å². The first-order chi connectivity index (χ1) is 9.60. The van der Waals surface area contributed by atoms with Crippen molar-refractivity contribution in [3.63, 3.8) is 0 Å².